The van der Waals surface area contributed by atoms with Crippen LogP contribution in [-0.4, -0.2) is 29.1 Å². The van der Waals surface area contributed by atoms with E-state index in [1.165, 1.54) is 25.4 Å². The average Bonchev–Trinajstić information content (AvgIpc) is 3.22. The number of hydrogen-bond donors (Lipinski definition) is 1. The molecule has 0 spiro atoms. The van der Waals surface area contributed by atoms with E-state index in [9.17, 15) is 9.90 Å². The normalized spacial score (nSPS) is 17.8. The number of aryl methyl sites for hydroxylation is 1. The fraction of sp³-hybridized carbons (Fsp3) is 0.350. The van der Waals surface area contributed by atoms with Crippen LogP contribution >= 0.6 is 22.7 Å². The van der Waals surface area contributed by atoms with E-state index in [1.54, 1.807) is 0 Å². The molecule has 4 rings (SSSR count). The van der Waals surface area contributed by atoms with Gasteiger partial charge in [0, 0.05) is 14.5 Å². The standard InChI is InChI=1S/C20H21NO2S2/c1-13-8-11-24-19(13)18(21-9-6-14(7-10-21)20(22)23)17-12-15-4-2-3-5-16(15)25-17/h2-5,8,11-12,14,18H,6-7,9-10H2,1H3,(H,22,23). The summed E-state index contributed by atoms with van der Waals surface area (Å²) >= 11 is 3.67. The van der Waals surface area contributed by atoms with Crippen molar-refractivity contribution >= 4 is 38.7 Å². The van der Waals surface area contributed by atoms with Crippen molar-refractivity contribution in [2.75, 3.05) is 13.1 Å². The lowest BCUT2D eigenvalue weighted by atomic mass is 9.95. The molecule has 1 fully saturated rings. The molecule has 0 radical (unpaired) electrons. The molecule has 0 aliphatic carbocycles. The Labute approximate surface area is 155 Å². The minimum atomic E-state index is -0.648. The van der Waals surface area contributed by atoms with Gasteiger partial charge in [-0.15, -0.1) is 22.7 Å². The second-order valence-corrected chi connectivity index (χ2v) is 8.77. The Kier molecular flexibility index (Phi) is 4.63. The topological polar surface area (TPSA) is 40.5 Å². The van der Waals surface area contributed by atoms with Crippen molar-refractivity contribution in [2.24, 2.45) is 5.92 Å². The number of piperidine rings is 1. The van der Waals surface area contributed by atoms with Crippen molar-refractivity contribution in [3.05, 3.63) is 57.1 Å². The zero-order chi connectivity index (χ0) is 17.4. The number of carboxylic acids is 1. The van der Waals surface area contributed by atoms with Crippen LogP contribution in [0.3, 0.4) is 0 Å². The summed E-state index contributed by atoms with van der Waals surface area (Å²) in [7, 11) is 0. The predicted molar refractivity (Wildman–Crippen MR) is 105 cm³/mol. The number of fused-ring (bicyclic) bond motifs is 1. The van der Waals surface area contributed by atoms with Gasteiger partial charge in [0.2, 0.25) is 0 Å². The van der Waals surface area contributed by atoms with Gasteiger partial charge in [0.15, 0.2) is 0 Å². The van der Waals surface area contributed by atoms with Gasteiger partial charge in [-0.2, -0.15) is 0 Å². The molecule has 25 heavy (non-hydrogen) atoms. The maximum absolute atomic E-state index is 11.3. The molecule has 0 saturated carbocycles. The highest BCUT2D eigenvalue weighted by Gasteiger charge is 2.32. The summed E-state index contributed by atoms with van der Waals surface area (Å²) in [6.07, 6.45) is 1.47. The molecule has 3 heterocycles. The van der Waals surface area contributed by atoms with Crippen LogP contribution in [0.2, 0.25) is 0 Å². The van der Waals surface area contributed by atoms with Crippen LogP contribution in [0.25, 0.3) is 10.1 Å². The van der Waals surface area contributed by atoms with Gasteiger partial charge in [-0.1, -0.05) is 18.2 Å². The van der Waals surface area contributed by atoms with Crippen molar-refractivity contribution in [3.63, 3.8) is 0 Å². The SMILES string of the molecule is Cc1ccsc1C(c1cc2ccccc2s1)N1CCC(C(=O)O)CC1. The minimum absolute atomic E-state index is 0.191. The monoisotopic (exact) mass is 371 g/mol. The molecule has 2 aromatic heterocycles. The molecule has 0 amide bonds. The number of carboxylic acid groups (broad SMARTS) is 1. The molecular formula is C20H21NO2S2. The summed E-state index contributed by atoms with van der Waals surface area (Å²) in [6, 6.07) is 13.3. The molecule has 1 aliphatic rings. The Hall–Kier alpha value is -1.69. The third kappa shape index (κ3) is 3.24. The van der Waals surface area contributed by atoms with Crippen LogP contribution < -0.4 is 0 Å². The van der Waals surface area contributed by atoms with Crippen molar-refractivity contribution in [1.29, 1.82) is 0 Å². The summed E-state index contributed by atoms with van der Waals surface area (Å²) in [5.74, 6) is -0.839. The second kappa shape index (κ2) is 6.90. The van der Waals surface area contributed by atoms with Crippen LogP contribution in [0.1, 0.15) is 34.2 Å². The van der Waals surface area contributed by atoms with Crippen LogP contribution in [0.4, 0.5) is 0 Å². The van der Waals surface area contributed by atoms with E-state index in [2.05, 4.69) is 53.6 Å². The Bertz CT molecular complexity index is 857. The largest absolute Gasteiger partial charge is 0.481 e. The molecular weight excluding hydrogens is 350 g/mol. The second-order valence-electron chi connectivity index (χ2n) is 6.71. The lowest BCUT2D eigenvalue weighted by molar-refractivity contribution is -0.143. The van der Waals surface area contributed by atoms with Gasteiger partial charge in [0.25, 0.3) is 0 Å². The zero-order valence-corrected chi connectivity index (χ0v) is 15.8. The van der Waals surface area contributed by atoms with Crippen molar-refractivity contribution in [1.82, 2.24) is 4.90 Å². The smallest absolute Gasteiger partial charge is 0.306 e. The van der Waals surface area contributed by atoms with Gasteiger partial charge >= 0.3 is 5.97 Å². The van der Waals surface area contributed by atoms with Gasteiger partial charge in [0.1, 0.15) is 0 Å². The summed E-state index contributed by atoms with van der Waals surface area (Å²) in [5, 5.41) is 12.7. The van der Waals surface area contributed by atoms with Gasteiger partial charge in [-0.25, -0.2) is 0 Å². The van der Waals surface area contributed by atoms with Crippen molar-refractivity contribution < 1.29 is 9.90 Å². The fourth-order valence-electron chi connectivity index (χ4n) is 3.68. The molecule has 130 valence electrons. The molecule has 5 heteroatoms. The summed E-state index contributed by atoms with van der Waals surface area (Å²) in [4.78, 5) is 16.5. The van der Waals surface area contributed by atoms with Gasteiger partial charge < -0.3 is 5.11 Å². The number of carbonyl (C=O) groups is 1. The minimum Gasteiger partial charge on any atom is -0.481 e. The van der Waals surface area contributed by atoms with Crippen LogP contribution in [0.5, 0.6) is 0 Å². The average molecular weight is 372 g/mol. The number of benzene rings is 1. The molecule has 1 atom stereocenters. The van der Waals surface area contributed by atoms with E-state index in [0.29, 0.717) is 0 Å². The molecule has 0 bridgehead atoms. The lowest BCUT2D eigenvalue weighted by Crippen LogP contribution is -2.38. The first-order valence-electron chi connectivity index (χ1n) is 8.63. The van der Waals surface area contributed by atoms with Crippen LogP contribution in [-0.2, 0) is 4.79 Å². The third-order valence-corrected chi connectivity index (χ3v) is 7.35. The van der Waals surface area contributed by atoms with Crippen molar-refractivity contribution in [2.45, 2.75) is 25.8 Å². The highest BCUT2D eigenvalue weighted by Crippen LogP contribution is 2.41. The predicted octanol–water partition coefficient (Wildman–Crippen LogP) is 5.16. The van der Waals surface area contributed by atoms with E-state index >= 15 is 0 Å². The fourth-order valence-corrected chi connectivity index (χ4v) is 6.04. The number of aliphatic carboxylic acids is 1. The summed E-state index contributed by atoms with van der Waals surface area (Å²) in [6.45, 7) is 3.86. The molecule has 3 nitrogen and oxygen atoms in total. The maximum Gasteiger partial charge on any atom is 0.306 e. The number of nitrogens with zero attached hydrogens (tertiary/aromatic N) is 1. The molecule has 1 N–H and O–H groups in total. The first kappa shape index (κ1) is 16.8. The summed E-state index contributed by atoms with van der Waals surface area (Å²) < 4.78 is 1.32. The summed E-state index contributed by atoms with van der Waals surface area (Å²) in [5.41, 5.74) is 1.33. The third-order valence-electron chi connectivity index (χ3n) is 5.11. The number of thiophene rings is 2. The number of likely N-dealkylation sites (tertiary alicyclic amines) is 1. The van der Waals surface area contributed by atoms with Crippen LogP contribution in [0.15, 0.2) is 41.8 Å². The van der Waals surface area contributed by atoms with E-state index in [0.717, 1.165) is 25.9 Å². The van der Waals surface area contributed by atoms with Gasteiger partial charge in [-0.3, -0.25) is 9.69 Å². The first-order chi connectivity index (χ1) is 12.1. The Balaban J connectivity index is 1.70. The highest BCUT2D eigenvalue weighted by atomic mass is 32.1. The van der Waals surface area contributed by atoms with Crippen LogP contribution in [0, 0.1) is 12.8 Å². The first-order valence-corrected chi connectivity index (χ1v) is 10.3. The Morgan fingerprint density at radius 2 is 2.00 bits per heavy atom. The lowest BCUT2D eigenvalue weighted by Gasteiger charge is -2.36. The molecule has 1 unspecified atom stereocenters. The number of hydrogen-bond acceptors (Lipinski definition) is 4. The molecule has 1 aliphatic heterocycles. The highest BCUT2D eigenvalue weighted by molar-refractivity contribution is 7.19. The van der Waals surface area contributed by atoms with Gasteiger partial charge in [0.05, 0.1) is 12.0 Å². The molecule has 1 aromatic carbocycles. The zero-order valence-electron chi connectivity index (χ0n) is 14.1. The van der Waals surface area contributed by atoms with Gasteiger partial charge in [-0.05, 0) is 67.4 Å². The Morgan fingerprint density at radius 3 is 2.64 bits per heavy atom. The number of rotatable bonds is 4. The van der Waals surface area contributed by atoms with E-state index in [1.807, 2.05) is 22.7 Å². The maximum atomic E-state index is 11.3. The molecule has 1 saturated heterocycles. The van der Waals surface area contributed by atoms with E-state index in [-0.39, 0.29) is 12.0 Å². The van der Waals surface area contributed by atoms with Crippen molar-refractivity contribution in [3.8, 4) is 0 Å². The van der Waals surface area contributed by atoms with E-state index in [4.69, 9.17) is 0 Å². The molecule has 3 aromatic rings. The van der Waals surface area contributed by atoms with E-state index < -0.39 is 5.97 Å². The quantitative estimate of drug-likeness (QED) is 0.689. The Morgan fingerprint density at radius 1 is 1.24 bits per heavy atom.